The second kappa shape index (κ2) is 8.75. The summed E-state index contributed by atoms with van der Waals surface area (Å²) in [5.74, 6) is 0.394. The fourth-order valence-electron chi connectivity index (χ4n) is 7.32. The van der Waals surface area contributed by atoms with Gasteiger partial charge in [0.05, 0.1) is 17.4 Å². The van der Waals surface area contributed by atoms with E-state index in [1.165, 1.54) is 12.3 Å². The number of pyridine rings is 2. The molecular weight excluding hydrogens is 481 g/mol. The Morgan fingerprint density at radius 2 is 1.84 bits per heavy atom. The van der Waals surface area contributed by atoms with Crippen molar-refractivity contribution < 1.29 is 27.8 Å². The van der Waals surface area contributed by atoms with E-state index in [-0.39, 0.29) is 17.3 Å². The topological polar surface area (TPSA) is 64.5 Å². The first-order chi connectivity index (χ1) is 17.5. The van der Waals surface area contributed by atoms with Gasteiger partial charge >= 0.3 is 6.18 Å². The van der Waals surface area contributed by atoms with Crippen LogP contribution in [0.15, 0.2) is 18.3 Å². The Balaban J connectivity index is 1.59. The lowest BCUT2D eigenvalue weighted by atomic mass is 9.69. The number of hydrogen-bond donors (Lipinski definition) is 1. The van der Waals surface area contributed by atoms with E-state index < -0.39 is 29.7 Å². The molecule has 200 valence electrons. The highest BCUT2D eigenvalue weighted by Crippen LogP contribution is 2.61. The predicted molar refractivity (Wildman–Crippen MR) is 131 cm³/mol. The van der Waals surface area contributed by atoms with Gasteiger partial charge in [0.15, 0.2) is 0 Å². The van der Waals surface area contributed by atoms with Crippen LogP contribution in [0.4, 0.5) is 13.2 Å². The first kappa shape index (κ1) is 25.3. The van der Waals surface area contributed by atoms with Crippen LogP contribution in [0.1, 0.15) is 117 Å². The molecule has 4 atom stereocenters. The van der Waals surface area contributed by atoms with Crippen molar-refractivity contribution >= 4 is 0 Å². The van der Waals surface area contributed by atoms with Crippen molar-refractivity contribution in [3.05, 3.63) is 57.7 Å². The summed E-state index contributed by atoms with van der Waals surface area (Å²) < 4.78 is 52.5. The summed E-state index contributed by atoms with van der Waals surface area (Å²) in [4.78, 5) is 9.04. The van der Waals surface area contributed by atoms with Crippen LogP contribution in [0.25, 0.3) is 0 Å². The Hall–Kier alpha value is -2.03. The van der Waals surface area contributed by atoms with Crippen molar-refractivity contribution in [2.24, 2.45) is 11.3 Å². The maximum atomic E-state index is 13.3. The largest absolute Gasteiger partial charge is 0.433 e. The molecule has 2 aromatic heterocycles. The van der Waals surface area contributed by atoms with Crippen LogP contribution in [-0.4, -0.2) is 28.3 Å². The number of aliphatic hydroxyl groups is 1. The zero-order valence-corrected chi connectivity index (χ0v) is 21.7. The molecule has 1 saturated carbocycles. The smallest absolute Gasteiger partial charge is 0.388 e. The SMILES string of the molecule is CC1CCCC12OC(c1ccc(C(F)(F)F)nc1)c1c(C3CCOCC3)nc3c(c12)C(O)CC(C)(C)C3. The molecule has 4 heterocycles. The second-order valence-corrected chi connectivity index (χ2v) is 12.2. The van der Waals surface area contributed by atoms with Gasteiger partial charge in [-0.05, 0) is 67.9 Å². The standard InChI is InChI=1S/C29H35F3N2O3/c1-16-5-4-10-28(16)24-22-19(13-27(2,3)14-20(22)35)34-25(17-8-11-36-12-9-17)23(24)26(37-28)18-6-7-21(33-15-18)29(30,31)32/h6-7,15-17,20,26,35H,4-5,8-14H2,1-3H3. The van der Waals surface area contributed by atoms with Crippen LogP contribution in [0.2, 0.25) is 0 Å². The van der Waals surface area contributed by atoms with Gasteiger partial charge in [-0.25, -0.2) is 0 Å². The molecule has 4 aliphatic rings. The average molecular weight is 517 g/mol. The molecule has 37 heavy (non-hydrogen) atoms. The van der Waals surface area contributed by atoms with Crippen molar-refractivity contribution in [2.45, 2.75) is 95.6 Å². The van der Waals surface area contributed by atoms with Crippen LogP contribution in [0.3, 0.4) is 0 Å². The first-order valence-corrected chi connectivity index (χ1v) is 13.5. The van der Waals surface area contributed by atoms with E-state index in [9.17, 15) is 18.3 Å². The second-order valence-electron chi connectivity index (χ2n) is 12.2. The molecule has 1 spiro atoms. The highest BCUT2D eigenvalue weighted by molar-refractivity contribution is 5.55. The normalized spacial score (nSPS) is 31.5. The lowest BCUT2D eigenvalue weighted by Crippen LogP contribution is -2.34. The van der Waals surface area contributed by atoms with Gasteiger partial charge < -0.3 is 14.6 Å². The minimum Gasteiger partial charge on any atom is -0.388 e. The maximum absolute atomic E-state index is 13.3. The van der Waals surface area contributed by atoms with E-state index >= 15 is 0 Å². The summed E-state index contributed by atoms with van der Waals surface area (Å²) in [6.45, 7) is 7.85. The molecule has 2 fully saturated rings. The lowest BCUT2D eigenvalue weighted by Gasteiger charge is -2.39. The molecule has 0 bridgehead atoms. The van der Waals surface area contributed by atoms with Crippen molar-refractivity contribution in [2.75, 3.05) is 13.2 Å². The predicted octanol–water partition coefficient (Wildman–Crippen LogP) is 6.53. The quantitative estimate of drug-likeness (QED) is 0.492. The Labute approximate surface area is 215 Å². The van der Waals surface area contributed by atoms with Crippen LogP contribution in [0, 0.1) is 11.3 Å². The summed E-state index contributed by atoms with van der Waals surface area (Å²) >= 11 is 0. The van der Waals surface area contributed by atoms with Gasteiger partial charge in [-0.2, -0.15) is 13.2 Å². The van der Waals surface area contributed by atoms with E-state index in [2.05, 4.69) is 25.8 Å². The molecule has 2 aliphatic heterocycles. The number of aromatic nitrogens is 2. The average Bonchev–Trinajstić information content (AvgIpc) is 3.38. The highest BCUT2D eigenvalue weighted by Gasteiger charge is 2.56. The van der Waals surface area contributed by atoms with Crippen molar-refractivity contribution in [1.29, 1.82) is 0 Å². The molecule has 1 N–H and O–H groups in total. The van der Waals surface area contributed by atoms with Gasteiger partial charge in [0.2, 0.25) is 0 Å². The monoisotopic (exact) mass is 516 g/mol. The van der Waals surface area contributed by atoms with Crippen LogP contribution < -0.4 is 0 Å². The molecule has 1 saturated heterocycles. The summed E-state index contributed by atoms with van der Waals surface area (Å²) in [5.41, 5.74) is 3.89. The Morgan fingerprint density at radius 3 is 2.46 bits per heavy atom. The third kappa shape index (κ3) is 4.10. The van der Waals surface area contributed by atoms with Gasteiger partial charge in [0, 0.05) is 47.7 Å². The van der Waals surface area contributed by atoms with Crippen LogP contribution in [0.5, 0.6) is 0 Å². The number of rotatable bonds is 2. The number of aliphatic hydroxyl groups excluding tert-OH is 1. The number of fused-ring (bicyclic) bond motifs is 4. The van der Waals surface area contributed by atoms with Crippen molar-refractivity contribution in [1.82, 2.24) is 9.97 Å². The maximum Gasteiger partial charge on any atom is 0.433 e. The first-order valence-electron chi connectivity index (χ1n) is 13.5. The molecule has 2 aliphatic carbocycles. The summed E-state index contributed by atoms with van der Waals surface area (Å²) in [7, 11) is 0. The van der Waals surface area contributed by atoms with Crippen molar-refractivity contribution in [3.63, 3.8) is 0 Å². The van der Waals surface area contributed by atoms with E-state index in [4.69, 9.17) is 14.5 Å². The minimum absolute atomic E-state index is 0.0781. The number of ether oxygens (including phenoxy) is 2. The van der Waals surface area contributed by atoms with Gasteiger partial charge in [0.25, 0.3) is 0 Å². The van der Waals surface area contributed by atoms with E-state index in [1.807, 2.05) is 0 Å². The molecule has 8 heteroatoms. The number of nitrogens with zero attached hydrogens (tertiary/aromatic N) is 2. The Kier molecular flexibility index (Phi) is 5.97. The fraction of sp³-hybridized carbons (Fsp3) is 0.655. The Bertz CT molecular complexity index is 1190. The molecule has 0 radical (unpaired) electrons. The molecule has 2 aromatic rings. The summed E-state index contributed by atoms with van der Waals surface area (Å²) in [5, 5.41) is 11.5. The summed E-state index contributed by atoms with van der Waals surface area (Å²) in [6, 6.07) is 2.54. The zero-order valence-electron chi connectivity index (χ0n) is 21.7. The Morgan fingerprint density at radius 1 is 1.08 bits per heavy atom. The lowest BCUT2D eigenvalue weighted by molar-refractivity contribution is -0.141. The molecule has 0 amide bonds. The van der Waals surface area contributed by atoms with E-state index in [0.29, 0.717) is 25.2 Å². The fourth-order valence-corrected chi connectivity index (χ4v) is 7.32. The highest BCUT2D eigenvalue weighted by atomic mass is 19.4. The van der Waals surface area contributed by atoms with Crippen molar-refractivity contribution in [3.8, 4) is 0 Å². The van der Waals surface area contributed by atoms with Gasteiger partial charge in [-0.1, -0.05) is 26.8 Å². The minimum atomic E-state index is -4.50. The van der Waals surface area contributed by atoms with E-state index in [1.54, 1.807) is 0 Å². The molecule has 0 aromatic carbocycles. The summed E-state index contributed by atoms with van der Waals surface area (Å²) in [6.07, 6.45) is 1.51. The molecular formula is C29H35F3N2O3. The number of alkyl halides is 3. The third-order valence-electron chi connectivity index (χ3n) is 9.09. The molecule has 4 unspecified atom stereocenters. The van der Waals surface area contributed by atoms with Crippen LogP contribution >= 0.6 is 0 Å². The van der Waals surface area contributed by atoms with Crippen LogP contribution in [-0.2, 0) is 27.7 Å². The van der Waals surface area contributed by atoms with E-state index in [0.717, 1.165) is 72.7 Å². The molecule has 5 nitrogen and oxygen atoms in total. The number of halogens is 3. The van der Waals surface area contributed by atoms with Gasteiger partial charge in [-0.15, -0.1) is 0 Å². The molecule has 6 rings (SSSR count). The zero-order chi connectivity index (χ0) is 26.2. The van der Waals surface area contributed by atoms with Gasteiger partial charge in [0.1, 0.15) is 11.8 Å². The number of hydrogen-bond acceptors (Lipinski definition) is 5. The third-order valence-corrected chi connectivity index (χ3v) is 9.09. The van der Waals surface area contributed by atoms with Gasteiger partial charge in [-0.3, -0.25) is 9.97 Å².